The first-order valence-corrected chi connectivity index (χ1v) is 15.4. The van der Waals surface area contributed by atoms with Crippen molar-refractivity contribution in [2.24, 2.45) is 5.92 Å². The van der Waals surface area contributed by atoms with Crippen molar-refractivity contribution in [3.63, 3.8) is 0 Å². The summed E-state index contributed by atoms with van der Waals surface area (Å²) in [6.07, 6.45) is 2.30. The Morgan fingerprint density at radius 1 is 1.18 bits per heavy atom. The summed E-state index contributed by atoms with van der Waals surface area (Å²) < 4.78 is 48.3. The van der Waals surface area contributed by atoms with Crippen LogP contribution < -0.4 is 10.2 Å². The number of nitriles is 1. The highest BCUT2D eigenvalue weighted by Crippen LogP contribution is 2.47. The van der Waals surface area contributed by atoms with Crippen LogP contribution in [-0.2, 0) is 4.79 Å². The van der Waals surface area contributed by atoms with E-state index in [-0.39, 0.29) is 24.8 Å². The third kappa shape index (κ3) is 6.22. The molecule has 3 atom stereocenters. The van der Waals surface area contributed by atoms with Gasteiger partial charge in [-0.1, -0.05) is 12.1 Å². The van der Waals surface area contributed by atoms with Gasteiger partial charge in [-0.25, -0.2) is 13.8 Å². The fraction of sp³-hybridized carbons (Fsp3) is 0.407. The molecule has 12 heteroatoms. The van der Waals surface area contributed by atoms with E-state index in [0.717, 1.165) is 22.3 Å². The average Bonchev–Trinajstić information content (AvgIpc) is 3.37. The van der Waals surface area contributed by atoms with Crippen LogP contribution in [0.3, 0.4) is 0 Å². The monoisotopic (exact) mass is 573 g/mol. The molecule has 206 valence electrons. The van der Waals surface area contributed by atoms with Gasteiger partial charge in [0.25, 0.3) is 0 Å². The Balaban J connectivity index is 1.51. The summed E-state index contributed by atoms with van der Waals surface area (Å²) in [7, 11) is -2.50. The Morgan fingerprint density at radius 3 is 2.62 bits per heavy atom. The van der Waals surface area contributed by atoms with E-state index in [1.54, 1.807) is 0 Å². The van der Waals surface area contributed by atoms with Gasteiger partial charge < -0.3 is 10.2 Å². The molecule has 1 saturated heterocycles. The highest BCUT2D eigenvalue weighted by atomic mass is 32.3. The summed E-state index contributed by atoms with van der Waals surface area (Å²) in [6.45, 7) is 0.947. The van der Waals surface area contributed by atoms with E-state index in [1.165, 1.54) is 23.6 Å². The van der Waals surface area contributed by atoms with Gasteiger partial charge in [0.15, 0.2) is 0 Å². The number of hydrogen-bond acceptors (Lipinski definition) is 8. The summed E-state index contributed by atoms with van der Waals surface area (Å²) >= 11 is 1.37. The molecule has 0 unspecified atom stereocenters. The van der Waals surface area contributed by atoms with Crippen molar-refractivity contribution < 1.29 is 22.7 Å². The maximum atomic E-state index is 14.5. The molecule has 1 aliphatic heterocycles. The molecule has 3 heterocycles. The maximum Gasteiger partial charge on any atom is 0.224 e. The van der Waals surface area contributed by atoms with Gasteiger partial charge in [-0.15, -0.1) is 11.3 Å². The lowest BCUT2D eigenvalue weighted by Crippen LogP contribution is -2.38. The first-order chi connectivity index (χ1) is 18.7. The van der Waals surface area contributed by atoms with E-state index in [1.807, 2.05) is 30.3 Å². The Bertz CT molecular complexity index is 1370. The molecule has 2 fully saturated rings. The number of rotatable bonds is 6. The number of alkyl halides is 1. The van der Waals surface area contributed by atoms with Gasteiger partial charge in [-0.05, 0) is 43.0 Å². The molecule has 1 amide bonds. The number of pyridine rings is 1. The van der Waals surface area contributed by atoms with Crippen molar-refractivity contribution in [1.82, 2.24) is 15.3 Å². The van der Waals surface area contributed by atoms with E-state index in [9.17, 15) is 22.7 Å². The lowest BCUT2D eigenvalue weighted by atomic mass is 9.75. The molecule has 39 heavy (non-hydrogen) atoms. The maximum absolute atomic E-state index is 14.5. The number of anilines is 1. The molecular weight excluding hydrogens is 544 g/mol. The number of halogens is 2. The van der Waals surface area contributed by atoms with E-state index in [0.29, 0.717) is 53.7 Å². The molecule has 3 N–H and O–H groups in total. The summed E-state index contributed by atoms with van der Waals surface area (Å²) in [6, 6.07) is 11.1. The number of thiazole rings is 1. The Hall–Kier alpha value is -3.11. The molecule has 8 nitrogen and oxygen atoms in total. The SMILES string of the molecule is N#CCNC(=O)[C@@H]1C[C@@H](F)CC[C@H]1c1nc(-c2cncc(F)c2)sc1-c1ccc(N2CCS(O)(O)CC2)cc1. The van der Waals surface area contributed by atoms with Crippen LogP contribution >= 0.6 is 21.9 Å². The van der Waals surface area contributed by atoms with E-state index < -0.39 is 28.5 Å². The fourth-order valence-corrected chi connectivity index (χ4v) is 7.60. The van der Waals surface area contributed by atoms with Gasteiger partial charge in [-0.2, -0.15) is 15.9 Å². The van der Waals surface area contributed by atoms with Crippen molar-refractivity contribution in [3.05, 3.63) is 54.2 Å². The van der Waals surface area contributed by atoms with Crippen molar-refractivity contribution >= 4 is 33.5 Å². The Morgan fingerprint density at radius 2 is 1.92 bits per heavy atom. The number of nitrogens with one attached hydrogen (secondary N) is 1. The van der Waals surface area contributed by atoms with Crippen LogP contribution in [0.25, 0.3) is 21.0 Å². The summed E-state index contributed by atoms with van der Waals surface area (Å²) in [4.78, 5) is 24.7. The molecular formula is C27H29F2N5O3S2. The Labute approximate surface area is 231 Å². The first kappa shape index (κ1) is 27.5. The molecule has 5 rings (SSSR count). The minimum Gasteiger partial charge on any atom is -0.368 e. The second kappa shape index (κ2) is 11.6. The first-order valence-electron chi connectivity index (χ1n) is 12.7. The van der Waals surface area contributed by atoms with Gasteiger partial charge in [-0.3, -0.25) is 18.9 Å². The van der Waals surface area contributed by atoms with Crippen molar-refractivity contribution in [2.45, 2.75) is 31.4 Å². The normalized spacial score (nSPS) is 23.6. The topological polar surface area (TPSA) is 122 Å². The zero-order chi connectivity index (χ0) is 27.6. The summed E-state index contributed by atoms with van der Waals surface area (Å²) in [5.74, 6) is -1.24. The van der Waals surface area contributed by atoms with Gasteiger partial charge in [0.1, 0.15) is 23.5 Å². The summed E-state index contributed by atoms with van der Waals surface area (Å²) in [5.41, 5.74) is 2.99. The molecule has 1 aromatic carbocycles. The molecule has 2 aromatic heterocycles. The van der Waals surface area contributed by atoms with Crippen LogP contribution in [0.4, 0.5) is 14.5 Å². The molecule has 3 aromatic rings. The predicted molar refractivity (Wildman–Crippen MR) is 149 cm³/mol. The minimum absolute atomic E-state index is 0.0445. The Kier molecular flexibility index (Phi) is 8.13. The number of hydrogen-bond donors (Lipinski definition) is 3. The highest BCUT2D eigenvalue weighted by molar-refractivity contribution is 8.24. The molecule has 1 aliphatic carbocycles. The van der Waals surface area contributed by atoms with E-state index in [4.69, 9.17) is 10.2 Å². The van der Waals surface area contributed by atoms with Gasteiger partial charge in [0.2, 0.25) is 5.91 Å². The lowest BCUT2D eigenvalue weighted by molar-refractivity contribution is -0.127. The van der Waals surface area contributed by atoms with Crippen LogP contribution in [0, 0.1) is 23.1 Å². The quantitative estimate of drug-likeness (QED) is 0.336. The minimum atomic E-state index is -2.50. The molecule has 0 bridgehead atoms. The van der Waals surface area contributed by atoms with Crippen LogP contribution in [-0.4, -0.2) is 62.3 Å². The van der Waals surface area contributed by atoms with E-state index in [2.05, 4.69) is 15.2 Å². The second-order valence-electron chi connectivity index (χ2n) is 9.87. The van der Waals surface area contributed by atoms with E-state index >= 15 is 0 Å². The standard InChI is InChI=1S/C27H29F2N5O3S2/c28-19-3-6-22(23(14-19)26(35)32-8-7-30)24-25(38-27(33-24)18-13-20(29)16-31-15-18)17-1-4-21(5-2-17)34-9-11-39(36,37)12-10-34/h1-2,4-5,13,15-16,19,22-23,36-37H,3,6,8-12,14H2,(H,32,35)/t19-,22+,23+/m0/s1. The van der Waals surface area contributed by atoms with Crippen LogP contribution in [0.5, 0.6) is 0 Å². The number of nitrogens with zero attached hydrogens (tertiary/aromatic N) is 4. The van der Waals surface area contributed by atoms with Crippen molar-refractivity contribution in [3.8, 4) is 27.1 Å². The summed E-state index contributed by atoms with van der Waals surface area (Å²) in [5, 5.41) is 12.1. The smallest absolute Gasteiger partial charge is 0.224 e. The molecule has 2 aliphatic rings. The van der Waals surface area contributed by atoms with Gasteiger partial charge >= 0.3 is 0 Å². The second-order valence-corrected chi connectivity index (χ2v) is 13.3. The zero-order valence-corrected chi connectivity index (χ0v) is 22.7. The number of amides is 1. The lowest BCUT2D eigenvalue weighted by Gasteiger charge is -2.41. The molecule has 0 spiro atoms. The average molecular weight is 574 g/mol. The van der Waals surface area contributed by atoms with Crippen LogP contribution in [0.2, 0.25) is 0 Å². The third-order valence-corrected chi connectivity index (χ3v) is 10.1. The van der Waals surface area contributed by atoms with Gasteiger partial charge in [0, 0.05) is 42.4 Å². The van der Waals surface area contributed by atoms with Gasteiger partial charge in [0.05, 0.1) is 34.3 Å². The number of aromatic nitrogens is 2. The fourth-order valence-electron chi connectivity index (χ4n) is 5.24. The third-order valence-electron chi connectivity index (χ3n) is 7.29. The van der Waals surface area contributed by atoms with Crippen LogP contribution in [0.1, 0.15) is 30.9 Å². The largest absolute Gasteiger partial charge is 0.368 e. The zero-order valence-electron chi connectivity index (χ0n) is 21.1. The highest BCUT2D eigenvalue weighted by Gasteiger charge is 2.39. The molecule has 0 radical (unpaired) electrons. The van der Waals surface area contributed by atoms with Crippen LogP contribution in [0.15, 0.2) is 42.7 Å². The predicted octanol–water partition coefficient (Wildman–Crippen LogP) is 5.44. The molecule has 1 saturated carbocycles. The number of carbonyl (C=O) groups is 1. The number of carbonyl (C=O) groups excluding carboxylic acids is 1. The number of benzene rings is 1. The van der Waals surface area contributed by atoms with Crippen molar-refractivity contribution in [1.29, 1.82) is 5.26 Å². The van der Waals surface area contributed by atoms with Crippen molar-refractivity contribution in [2.75, 3.05) is 36.0 Å².